The van der Waals surface area contributed by atoms with Gasteiger partial charge in [-0.25, -0.2) is 9.18 Å². The molecular formula is C26H27ClFN3O8. The van der Waals surface area contributed by atoms with Crippen LogP contribution in [0.3, 0.4) is 0 Å². The van der Waals surface area contributed by atoms with Gasteiger partial charge in [0.15, 0.2) is 11.9 Å². The third-order valence-electron chi connectivity index (χ3n) is 6.82. The van der Waals surface area contributed by atoms with Gasteiger partial charge in [-0.3, -0.25) is 14.4 Å². The number of hydrogen-bond acceptors (Lipinski definition) is 8. The van der Waals surface area contributed by atoms with E-state index in [1.165, 1.54) is 12.1 Å². The predicted molar refractivity (Wildman–Crippen MR) is 134 cm³/mol. The van der Waals surface area contributed by atoms with Gasteiger partial charge in [-0.05, 0) is 39.2 Å². The second-order valence-corrected chi connectivity index (χ2v) is 10.0. The average Bonchev–Trinajstić information content (AvgIpc) is 3.33. The Bertz CT molecular complexity index is 1390. The summed E-state index contributed by atoms with van der Waals surface area (Å²) in [6.07, 6.45) is -0.529. The molecule has 0 bridgehead atoms. The Hall–Kier alpha value is -3.64. The van der Waals surface area contributed by atoms with Gasteiger partial charge in [-0.1, -0.05) is 23.7 Å². The first-order valence-electron chi connectivity index (χ1n) is 12.6. The number of aromatic nitrogens is 1. The molecule has 13 heteroatoms. The number of halogens is 2. The van der Waals surface area contributed by atoms with Crippen LogP contribution in [0.25, 0.3) is 0 Å². The fraction of sp³-hybridized carbons (Fsp3) is 0.462. The first-order valence-corrected chi connectivity index (χ1v) is 13.0. The molecule has 208 valence electrons. The van der Waals surface area contributed by atoms with Crippen LogP contribution in [0.1, 0.15) is 64.8 Å². The first-order chi connectivity index (χ1) is 18.7. The summed E-state index contributed by atoms with van der Waals surface area (Å²) in [7, 11) is 0. The van der Waals surface area contributed by atoms with Crippen molar-refractivity contribution in [3.63, 3.8) is 0 Å². The van der Waals surface area contributed by atoms with Crippen molar-refractivity contribution in [3.05, 3.63) is 61.8 Å². The van der Waals surface area contributed by atoms with Crippen LogP contribution in [0.4, 0.5) is 9.18 Å². The van der Waals surface area contributed by atoms with Crippen LogP contribution < -0.4 is 15.5 Å². The third kappa shape index (κ3) is 4.94. The van der Waals surface area contributed by atoms with Crippen molar-refractivity contribution < 1.29 is 37.7 Å². The molecular weight excluding hydrogens is 537 g/mol. The Morgan fingerprint density at radius 3 is 2.85 bits per heavy atom. The predicted octanol–water partition coefficient (Wildman–Crippen LogP) is 3.16. The molecule has 11 nitrogen and oxygen atoms in total. The third-order valence-corrected chi connectivity index (χ3v) is 7.11. The molecule has 1 aromatic carbocycles. The molecule has 0 radical (unpaired) electrons. The van der Waals surface area contributed by atoms with Gasteiger partial charge in [0.1, 0.15) is 11.4 Å². The monoisotopic (exact) mass is 563 g/mol. The molecule has 3 aliphatic rings. The van der Waals surface area contributed by atoms with Crippen molar-refractivity contribution in [2.24, 2.45) is 0 Å². The molecule has 0 saturated carbocycles. The van der Waals surface area contributed by atoms with Gasteiger partial charge in [-0.2, -0.15) is 0 Å². The number of nitrogens with one attached hydrogen (secondary N) is 1. The van der Waals surface area contributed by atoms with Crippen LogP contribution in [0.15, 0.2) is 23.0 Å². The molecule has 2 atom stereocenters. The maximum absolute atomic E-state index is 14.4. The van der Waals surface area contributed by atoms with Crippen molar-refractivity contribution in [3.8, 4) is 5.75 Å². The lowest BCUT2D eigenvalue weighted by Gasteiger charge is -2.44. The normalized spacial score (nSPS) is 19.4. The fourth-order valence-electron chi connectivity index (χ4n) is 5.22. The number of carbonyl (C=O) groups excluding carboxylic acids is 3. The number of pyridine rings is 1. The highest BCUT2D eigenvalue weighted by Gasteiger charge is 2.48. The van der Waals surface area contributed by atoms with E-state index in [4.69, 9.17) is 30.5 Å². The van der Waals surface area contributed by atoms with E-state index in [2.05, 4.69) is 5.32 Å². The second kappa shape index (κ2) is 10.9. The summed E-state index contributed by atoms with van der Waals surface area (Å²) in [5.41, 5.74) is -0.610. The topological polar surface area (TPSA) is 125 Å². The van der Waals surface area contributed by atoms with Crippen molar-refractivity contribution in [1.29, 1.82) is 0 Å². The number of ether oxygens (including phenoxy) is 4. The molecule has 1 aromatic heterocycles. The van der Waals surface area contributed by atoms with Gasteiger partial charge >= 0.3 is 6.16 Å². The van der Waals surface area contributed by atoms with Crippen molar-refractivity contribution in [2.75, 3.05) is 19.9 Å². The Kier molecular flexibility index (Phi) is 7.50. The smallest absolute Gasteiger partial charge is 0.451 e. The Balaban J connectivity index is 1.52. The zero-order chi connectivity index (χ0) is 27.8. The molecule has 5 rings (SSSR count). The van der Waals surface area contributed by atoms with Gasteiger partial charge in [0.05, 0.1) is 23.8 Å². The van der Waals surface area contributed by atoms with E-state index < -0.39 is 54.1 Å². The van der Waals surface area contributed by atoms with Crippen LogP contribution in [0.5, 0.6) is 5.75 Å². The summed E-state index contributed by atoms with van der Waals surface area (Å²) in [6, 6.07) is 4.05. The quantitative estimate of drug-likeness (QED) is 0.402. The molecule has 4 heterocycles. The van der Waals surface area contributed by atoms with E-state index in [1.807, 2.05) is 0 Å². The minimum Gasteiger partial charge on any atom is -0.451 e. The standard InChI is InChI=1S/C26H27ClFN3O8/c1-13(2)39-26(35)38-12-37-22-20-24(34)30-9-4-10-36-25(30)17-8-7-16(31(17)20)18(21(22)32)23(33)29-11-14-5-3-6-15(27)19(14)28/h3,5-6,13,17,25H,4,7-12H2,1-2H3,(H,29,33)/t17-,25+/m1/s1. The van der Waals surface area contributed by atoms with E-state index in [-0.39, 0.29) is 34.4 Å². The lowest BCUT2D eigenvalue weighted by atomic mass is 10.1. The summed E-state index contributed by atoms with van der Waals surface area (Å²) >= 11 is 5.84. The van der Waals surface area contributed by atoms with Crippen LogP contribution in [0.2, 0.25) is 5.02 Å². The molecule has 2 aromatic rings. The van der Waals surface area contributed by atoms with Gasteiger partial charge in [-0.15, -0.1) is 0 Å². The highest BCUT2D eigenvalue weighted by atomic mass is 35.5. The molecule has 0 aliphatic carbocycles. The SMILES string of the molecule is CC(C)OC(=O)OCOc1c2n3c(c(C(=O)NCc4cccc(Cl)c4F)c1=O)CC[C@@H]3[C@@H]1OCCCN1C2=O. The van der Waals surface area contributed by atoms with Crippen molar-refractivity contribution >= 4 is 29.6 Å². The lowest BCUT2D eigenvalue weighted by Crippen LogP contribution is -2.55. The van der Waals surface area contributed by atoms with E-state index in [0.29, 0.717) is 38.1 Å². The van der Waals surface area contributed by atoms with E-state index in [1.54, 1.807) is 29.4 Å². The average molecular weight is 564 g/mol. The molecule has 39 heavy (non-hydrogen) atoms. The second-order valence-electron chi connectivity index (χ2n) is 9.64. The summed E-state index contributed by atoms with van der Waals surface area (Å²) in [4.78, 5) is 54.0. The highest BCUT2D eigenvalue weighted by molar-refractivity contribution is 6.30. The molecule has 1 N–H and O–H groups in total. The Morgan fingerprint density at radius 1 is 1.28 bits per heavy atom. The first kappa shape index (κ1) is 26.9. The zero-order valence-corrected chi connectivity index (χ0v) is 22.1. The molecule has 1 fully saturated rings. The lowest BCUT2D eigenvalue weighted by molar-refractivity contribution is -0.109. The van der Waals surface area contributed by atoms with Crippen molar-refractivity contribution in [1.82, 2.24) is 14.8 Å². The largest absolute Gasteiger partial charge is 0.511 e. The van der Waals surface area contributed by atoms with Crippen LogP contribution in [-0.4, -0.2) is 59.7 Å². The number of carbonyl (C=O) groups is 3. The minimum absolute atomic E-state index is 0.0301. The number of amides is 2. The number of nitrogens with zero attached hydrogens (tertiary/aromatic N) is 2. The van der Waals surface area contributed by atoms with Crippen LogP contribution in [0, 0.1) is 5.82 Å². The maximum atomic E-state index is 14.4. The van der Waals surface area contributed by atoms with E-state index in [9.17, 15) is 23.6 Å². The van der Waals surface area contributed by atoms with Crippen LogP contribution in [-0.2, 0) is 27.2 Å². The highest BCUT2D eigenvalue weighted by Crippen LogP contribution is 2.42. The van der Waals surface area contributed by atoms with Crippen molar-refractivity contribution in [2.45, 2.75) is 58.0 Å². The Morgan fingerprint density at radius 2 is 2.08 bits per heavy atom. The zero-order valence-electron chi connectivity index (χ0n) is 21.3. The number of fused-ring (bicyclic) bond motifs is 2. The molecule has 1 saturated heterocycles. The Labute approximate surface area is 227 Å². The van der Waals surface area contributed by atoms with Gasteiger partial charge in [0.2, 0.25) is 18.0 Å². The van der Waals surface area contributed by atoms with Gasteiger partial charge < -0.3 is 33.7 Å². The number of hydrogen-bond donors (Lipinski definition) is 1. The van der Waals surface area contributed by atoms with Gasteiger partial charge in [0, 0.05) is 24.3 Å². The summed E-state index contributed by atoms with van der Waals surface area (Å²) in [6.45, 7) is 3.23. The number of benzene rings is 1. The van der Waals surface area contributed by atoms with Crippen LogP contribution >= 0.6 is 11.6 Å². The maximum Gasteiger partial charge on any atom is 0.511 e. The van der Waals surface area contributed by atoms with Gasteiger partial charge in [0.25, 0.3) is 11.8 Å². The summed E-state index contributed by atoms with van der Waals surface area (Å²) in [5.74, 6) is -2.35. The summed E-state index contributed by atoms with van der Waals surface area (Å²) < 4.78 is 37.3. The number of rotatable bonds is 7. The summed E-state index contributed by atoms with van der Waals surface area (Å²) in [5, 5.41) is 2.48. The molecule has 0 unspecified atom stereocenters. The molecule has 3 aliphatic heterocycles. The van der Waals surface area contributed by atoms with E-state index >= 15 is 0 Å². The van der Waals surface area contributed by atoms with E-state index in [0.717, 1.165) is 0 Å². The molecule has 2 amide bonds. The molecule has 0 spiro atoms. The minimum atomic E-state index is -1.02. The fourth-order valence-corrected chi connectivity index (χ4v) is 5.41.